The van der Waals surface area contributed by atoms with Crippen molar-refractivity contribution in [3.63, 3.8) is 0 Å². The maximum atomic E-state index is 12.0. The number of amides is 1. The summed E-state index contributed by atoms with van der Waals surface area (Å²) in [4.78, 5) is 13.6. The number of aliphatic hydroxyl groups excluding tert-OH is 1. The lowest BCUT2D eigenvalue weighted by atomic mass is 9.90. The van der Waals surface area contributed by atoms with Crippen LogP contribution in [-0.2, 0) is 4.74 Å². The lowest BCUT2D eigenvalue weighted by molar-refractivity contribution is 0.0893. The summed E-state index contributed by atoms with van der Waals surface area (Å²) in [5.41, 5.74) is 0.899. The van der Waals surface area contributed by atoms with E-state index in [4.69, 9.17) is 4.74 Å². The highest BCUT2D eigenvalue weighted by molar-refractivity contribution is 5.73. The van der Waals surface area contributed by atoms with Gasteiger partial charge in [-0.1, -0.05) is 36.9 Å². The van der Waals surface area contributed by atoms with Gasteiger partial charge < -0.3 is 9.84 Å². The molecule has 1 saturated heterocycles. The van der Waals surface area contributed by atoms with Gasteiger partial charge in [-0.15, -0.1) is 0 Å². The lowest BCUT2D eigenvalue weighted by Gasteiger charge is -2.38. The first-order valence-corrected chi connectivity index (χ1v) is 6.31. The second kappa shape index (κ2) is 5.05. The fourth-order valence-electron chi connectivity index (χ4n) is 2.49. The number of carbonyl (C=O) groups excluding carboxylic acids is 1. The highest BCUT2D eigenvalue weighted by Gasteiger charge is 2.50. The molecule has 2 rings (SSSR count). The monoisotopic (exact) mass is 261 g/mol. The number of rotatable bonds is 4. The van der Waals surface area contributed by atoms with Crippen LogP contribution in [0.5, 0.6) is 0 Å². The van der Waals surface area contributed by atoms with Gasteiger partial charge in [0.1, 0.15) is 12.1 Å². The molecule has 0 aliphatic carbocycles. The second-order valence-corrected chi connectivity index (χ2v) is 4.98. The molecule has 1 unspecified atom stereocenters. The SMILES string of the molecule is C=C(C)[C@@]1(CO)COC(=O)N1C(C)c1ccccc1. The predicted molar refractivity (Wildman–Crippen MR) is 72.7 cm³/mol. The molecule has 0 radical (unpaired) electrons. The molecular formula is C15H19NO3. The van der Waals surface area contributed by atoms with Crippen molar-refractivity contribution in [3.05, 3.63) is 48.0 Å². The third-order valence-electron chi connectivity index (χ3n) is 3.82. The third kappa shape index (κ3) is 2.12. The smallest absolute Gasteiger partial charge is 0.411 e. The van der Waals surface area contributed by atoms with Gasteiger partial charge in [0.2, 0.25) is 0 Å². The summed E-state index contributed by atoms with van der Waals surface area (Å²) in [6.07, 6.45) is -0.409. The Balaban J connectivity index is 2.40. The van der Waals surface area contributed by atoms with Gasteiger partial charge in [0.05, 0.1) is 12.6 Å². The molecular weight excluding hydrogens is 242 g/mol. The molecule has 2 atom stereocenters. The molecule has 1 aliphatic heterocycles. The zero-order chi connectivity index (χ0) is 14.0. The van der Waals surface area contributed by atoms with E-state index in [-0.39, 0.29) is 19.3 Å². The Hall–Kier alpha value is -1.81. The minimum absolute atomic E-state index is 0.148. The topological polar surface area (TPSA) is 49.8 Å². The van der Waals surface area contributed by atoms with E-state index in [1.165, 1.54) is 0 Å². The summed E-state index contributed by atoms with van der Waals surface area (Å²) in [5, 5.41) is 9.74. The van der Waals surface area contributed by atoms with E-state index in [1.54, 1.807) is 4.90 Å². The van der Waals surface area contributed by atoms with E-state index in [9.17, 15) is 9.90 Å². The van der Waals surface area contributed by atoms with Gasteiger partial charge in [-0.3, -0.25) is 4.90 Å². The Morgan fingerprint density at radius 1 is 1.53 bits per heavy atom. The molecule has 102 valence electrons. The van der Waals surface area contributed by atoms with Crippen LogP contribution in [0.25, 0.3) is 0 Å². The fourth-order valence-corrected chi connectivity index (χ4v) is 2.49. The van der Waals surface area contributed by atoms with Gasteiger partial charge in [0, 0.05) is 0 Å². The predicted octanol–water partition coefficient (Wildman–Crippen LogP) is 2.51. The minimum atomic E-state index is -0.827. The summed E-state index contributed by atoms with van der Waals surface area (Å²) >= 11 is 0. The van der Waals surface area contributed by atoms with Gasteiger partial charge in [-0.2, -0.15) is 0 Å². The molecule has 1 heterocycles. The maximum Gasteiger partial charge on any atom is 0.411 e. The van der Waals surface area contributed by atoms with Crippen molar-refractivity contribution in [3.8, 4) is 0 Å². The number of aliphatic hydroxyl groups is 1. The van der Waals surface area contributed by atoms with Crippen molar-refractivity contribution in [2.24, 2.45) is 0 Å². The van der Waals surface area contributed by atoms with Crippen molar-refractivity contribution in [2.45, 2.75) is 25.4 Å². The molecule has 0 aromatic heterocycles. The van der Waals surface area contributed by atoms with Crippen LogP contribution in [0.15, 0.2) is 42.5 Å². The standard InChI is InChI=1S/C15H19NO3/c1-11(2)15(9-17)10-19-14(18)16(15)12(3)13-7-5-4-6-8-13/h4-8,12,17H,1,9-10H2,2-3H3/t12?,15-/m1/s1. The van der Waals surface area contributed by atoms with Crippen LogP contribution in [0.1, 0.15) is 25.5 Å². The molecule has 0 bridgehead atoms. The van der Waals surface area contributed by atoms with Crippen molar-refractivity contribution in [1.82, 2.24) is 4.90 Å². The highest BCUT2D eigenvalue weighted by atomic mass is 16.6. The molecule has 1 fully saturated rings. The lowest BCUT2D eigenvalue weighted by Crippen LogP contribution is -2.51. The molecule has 1 amide bonds. The molecule has 0 saturated carbocycles. The first kappa shape index (κ1) is 13.6. The largest absolute Gasteiger partial charge is 0.446 e. The zero-order valence-electron chi connectivity index (χ0n) is 11.3. The first-order valence-electron chi connectivity index (χ1n) is 6.31. The van der Waals surface area contributed by atoms with Gasteiger partial charge in [-0.25, -0.2) is 4.79 Å². The Morgan fingerprint density at radius 2 is 2.16 bits per heavy atom. The molecule has 1 aromatic carbocycles. The Kier molecular flexibility index (Phi) is 3.62. The fraction of sp³-hybridized carbons (Fsp3) is 0.400. The van der Waals surface area contributed by atoms with Crippen LogP contribution < -0.4 is 0 Å². The minimum Gasteiger partial charge on any atom is -0.446 e. The van der Waals surface area contributed by atoms with Crippen LogP contribution in [-0.4, -0.2) is 34.9 Å². The average molecular weight is 261 g/mol. The third-order valence-corrected chi connectivity index (χ3v) is 3.82. The number of hydrogen-bond acceptors (Lipinski definition) is 3. The van der Waals surface area contributed by atoms with Gasteiger partial charge in [0.25, 0.3) is 0 Å². The summed E-state index contributed by atoms with van der Waals surface area (Å²) in [6.45, 7) is 7.60. The zero-order valence-corrected chi connectivity index (χ0v) is 11.3. The van der Waals surface area contributed by atoms with E-state index >= 15 is 0 Å². The Morgan fingerprint density at radius 3 is 2.68 bits per heavy atom. The van der Waals surface area contributed by atoms with Crippen LogP contribution in [0.3, 0.4) is 0 Å². The van der Waals surface area contributed by atoms with Gasteiger partial charge in [0.15, 0.2) is 0 Å². The van der Waals surface area contributed by atoms with Crippen LogP contribution in [0, 0.1) is 0 Å². The number of benzene rings is 1. The Bertz CT molecular complexity index is 485. The molecule has 1 N–H and O–H groups in total. The number of hydrogen-bond donors (Lipinski definition) is 1. The quantitative estimate of drug-likeness (QED) is 0.847. The van der Waals surface area contributed by atoms with Gasteiger partial charge >= 0.3 is 6.09 Å². The van der Waals surface area contributed by atoms with E-state index in [1.807, 2.05) is 44.2 Å². The molecule has 4 nitrogen and oxygen atoms in total. The maximum absolute atomic E-state index is 12.0. The molecule has 4 heteroatoms. The molecule has 0 spiro atoms. The van der Waals surface area contributed by atoms with Crippen LogP contribution >= 0.6 is 0 Å². The van der Waals surface area contributed by atoms with Crippen molar-refractivity contribution < 1.29 is 14.6 Å². The highest BCUT2D eigenvalue weighted by Crippen LogP contribution is 2.37. The normalized spacial score (nSPS) is 24.2. The summed E-state index contributed by atoms with van der Waals surface area (Å²) in [6, 6.07) is 9.51. The van der Waals surface area contributed by atoms with Crippen molar-refractivity contribution in [2.75, 3.05) is 13.2 Å². The van der Waals surface area contributed by atoms with E-state index < -0.39 is 11.6 Å². The number of carbonyl (C=O) groups is 1. The number of cyclic esters (lactones) is 1. The van der Waals surface area contributed by atoms with E-state index in [2.05, 4.69) is 6.58 Å². The Labute approximate surface area is 113 Å². The summed E-state index contributed by atoms with van der Waals surface area (Å²) in [5.74, 6) is 0. The van der Waals surface area contributed by atoms with Crippen LogP contribution in [0.4, 0.5) is 4.79 Å². The van der Waals surface area contributed by atoms with E-state index in [0.29, 0.717) is 0 Å². The first-order chi connectivity index (χ1) is 9.03. The second-order valence-electron chi connectivity index (χ2n) is 4.98. The molecule has 19 heavy (non-hydrogen) atoms. The average Bonchev–Trinajstić information content (AvgIpc) is 2.77. The van der Waals surface area contributed by atoms with Crippen LogP contribution in [0.2, 0.25) is 0 Å². The molecule has 1 aliphatic rings. The number of ether oxygens (including phenoxy) is 1. The molecule has 1 aromatic rings. The van der Waals surface area contributed by atoms with Gasteiger partial charge in [-0.05, 0) is 25.0 Å². The summed E-state index contributed by atoms with van der Waals surface area (Å²) in [7, 11) is 0. The van der Waals surface area contributed by atoms with Crippen molar-refractivity contribution >= 4 is 6.09 Å². The summed E-state index contributed by atoms with van der Waals surface area (Å²) < 4.78 is 5.14. The van der Waals surface area contributed by atoms with Crippen molar-refractivity contribution in [1.29, 1.82) is 0 Å². The van der Waals surface area contributed by atoms with E-state index in [0.717, 1.165) is 11.1 Å². The number of nitrogens with zero attached hydrogens (tertiary/aromatic N) is 1.